The van der Waals surface area contributed by atoms with Crippen molar-refractivity contribution in [1.29, 1.82) is 0 Å². The molecule has 3 aromatic rings. The van der Waals surface area contributed by atoms with Crippen LogP contribution in [0.25, 0.3) is 10.8 Å². The van der Waals surface area contributed by atoms with E-state index in [2.05, 4.69) is 10.6 Å². The minimum atomic E-state index is -0.516. The lowest BCUT2D eigenvalue weighted by atomic mass is 9.94. The highest BCUT2D eigenvalue weighted by Gasteiger charge is 2.33. The molecule has 1 aliphatic heterocycles. The Labute approximate surface area is 166 Å². The van der Waals surface area contributed by atoms with Crippen LogP contribution in [0.2, 0.25) is 0 Å². The summed E-state index contributed by atoms with van der Waals surface area (Å²) in [7, 11) is 0. The standard InChI is InChI=1S/C22H17N3O4/c1-13(26)23-15-7-4-8-16(11-15)24-19(27)12-25-21(28)17-9-2-5-14-6-3-10-18(20(14)17)22(25)29/h2-11H,12H2,1H3,(H,23,26)(H,24,27). The number of hydrogen-bond acceptors (Lipinski definition) is 4. The third kappa shape index (κ3) is 3.45. The van der Waals surface area contributed by atoms with Crippen LogP contribution in [0.3, 0.4) is 0 Å². The Balaban J connectivity index is 1.56. The maximum absolute atomic E-state index is 12.9. The van der Waals surface area contributed by atoms with Crippen LogP contribution in [-0.4, -0.2) is 35.1 Å². The highest BCUT2D eigenvalue weighted by Crippen LogP contribution is 2.29. The Kier molecular flexibility index (Phi) is 4.56. The predicted molar refractivity (Wildman–Crippen MR) is 109 cm³/mol. The number of nitrogens with one attached hydrogen (secondary N) is 2. The molecule has 0 saturated carbocycles. The first-order valence-electron chi connectivity index (χ1n) is 8.99. The van der Waals surface area contributed by atoms with E-state index in [1.54, 1.807) is 48.5 Å². The van der Waals surface area contributed by atoms with E-state index in [4.69, 9.17) is 0 Å². The second kappa shape index (κ2) is 7.20. The summed E-state index contributed by atoms with van der Waals surface area (Å²) in [4.78, 5) is 50.4. The van der Waals surface area contributed by atoms with Gasteiger partial charge in [0.1, 0.15) is 6.54 Å². The Morgan fingerprint density at radius 2 is 1.38 bits per heavy atom. The molecule has 0 unspecified atom stereocenters. The van der Waals surface area contributed by atoms with Gasteiger partial charge in [-0.25, -0.2) is 0 Å². The smallest absolute Gasteiger partial charge is 0.261 e. The number of imide groups is 1. The van der Waals surface area contributed by atoms with Crippen molar-refractivity contribution in [3.05, 3.63) is 71.8 Å². The van der Waals surface area contributed by atoms with Gasteiger partial charge in [-0.05, 0) is 35.7 Å². The van der Waals surface area contributed by atoms with Crippen molar-refractivity contribution in [1.82, 2.24) is 4.90 Å². The normalized spacial score (nSPS) is 12.8. The predicted octanol–water partition coefficient (Wildman–Crippen LogP) is 3.03. The summed E-state index contributed by atoms with van der Waals surface area (Å²) in [5.74, 6) is -1.74. The average molecular weight is 387 g/mol. The maximum atomic E-state index is 12.9. The van der Waals surface area contributed by atoms with E-state index in [0.29, 0.717) is 27.9 Å². The van der Waals surface area contributed by atoms with Crippen molar-refractivity contribution in [3.8, 4) is 0 Å². The molecule has 144 valence electrons. The number of benzene rings is 3. The zero-order valence-electron chi connectivity index (χ0n) is 15.6. The first-order chi connectivity index (χ1) is 13.9. The first-order valence-corrected chi connectivity index (χ1v) is 8.99. The van der Waals surface area contributed by atoms with E-state index in [1.807, 2.05) is 12.1 Å². The molecule has 0 saturated heterocycles. The van der Waals surface area contributed by atoms with Gasteiger partial charge in [0.2, 0.25) is 11.8 Å². The van der Waals surface area contributed by atoms with Gasteiger partial charge < -0.3 is 10.6 Å². The van der Waals surface area contributed by atoms with Gasteiger partial charge in [0, 0.05) is 34.8 Å². The molecule has 3 aromatic carbocycles. The summed E-state index contributed by atoms with van der Waals surface area (Å²) < 4.78 is 0. The molecular formula is C22H17N3O4. The molecule has 1 heterocycles. The van der Waals surface area contributed by atoms with Crippen molar-refractivity contribution >= 4 is 45.8 Å². The van der Waals surface area contributed by atoms with Crippen LogP contribution in [0.15, 0.2) is 60.7 Å². The molecule has 0 radical (unpaired) electrons. The monoisotopic (exact) mass is 387 g/mol. The van der Waals surface area contributed by atoms with Crippen LogP contribution in [0.1, 0.15) is 27.6 Å². The molecule has 7 nitrogen and oxygen atoms in total. The van der Waals surface area contributed by atoms with Crippen LogP contribution in [0.4, 0.5) is 11.4 Å². The van der Waals surface area contributed by atoms with E-state index in [1.165, 1.54) is 6.92 Å². The van der Waals surface area contributed by atoms with Crippen LogP contribution < -0.4 is 10.6 Å². The van der Waals surface area contributed by atoms with E-state index in [-0.39, 0.29) is 5.91 Å². The number of hydrogen-bond donors (Lipinski definition) is 2. The molecule has 29 heavy (non-hydrogen) atoms. The SMILES string of the molecule is CC(=O)Nc1cccc(NC(=O)CN2C(=O)c3cccc4cccc(c34)C2=O)c1. The number of amides is 4. The molecule has 0 spiro atoms. The second-order valence-corrected chi connectivity index (χ2v) is 6.72. The third-order valence-electron chi connectivity index (χ3n) is 4.62. The Bertz CT molecular complexity index is 1130. The van der Waals surface area contributed by atoms with Crippen molar-refractivity contribution in [2.24, 2.45) is 0 Å². The molecule has 0 bridgehead atoms. The van der Waals surface area contributed by atoms with Crippen molar-refractivity contribution in [2.75, 3.05) is 17.2 Å². The van der Waals surface area contributed by atoms with E-state index < -0.39 is 24.3 Å². The summed E-state index contributed by atoms with van der Waals surface area (Å²) >= 11 is 0. The van der Waals surface area contributed by atoms with Crippen molar-refractivity contribution in [2.45, 2.75) is 6.92 Å². The lowest BCUT2D eigenvalue weighted by molar-refractivity contribution is -0.116. The molecule has 2 N–H and O–H groups in total. The molecule has 0 fully saturated rings. The van der Waals surface area contributed by atoms with Gasteiger partial charge in [0.15, 0.2) is 0 Å². The molecule has 0 atom stereocenters. The Morgan fingerprint density at radius 3 is 1.97 bits per heavy atom. The fraction of sp³-hybridized carbons (Fsp3) is 0.0909. The third-order valence-corrected chi connectivity index (χ3v) is 4.62. The van der Waals surface area contributed by atoms with Crippen LogP contribution in [-0.2, 0) is 9.59 Å². The summed E-state index contributed by atoms with van der Waals surface area (Å²) in [5.41, 5.74) is 1.78. The molecule has 0 aromatic heterocycles. The van der Waals surface area contributed by atoms with Crippen LogP contribution in [0, 0.1) is 0 Å². The maximum Gasteiger partial charge on any atom is 0.261 e. The van der Waals surface area contributed by atoms with Crippen LogP contribution >= 0.6 is 0 Å². The average Bonchev–Trinajstić information content (AvgIpc) is 2.69. The molecule has 7 heteroatoms. The highest BCUT2D eigenvalue weighted by atomic mass is 16.2. The second-order valence-electron chi connectivity index (χ2n) is 6.72. The highest BCUT2D eigenvalue weighted by molar-refractivity contribution is 6.26. The minimum absolute atomic E-state index is 0.231. The van der Waals surface area contributed by atoms with E-state index >= 15 is 0 Å². The largest absolute Gasteiger partial charge is 0.326 e. The zero-order chi connectivity index (χ0) is 20.5. The number of carbonyl (C=O) groups excluding carboxylic acids is 4. The van der Waals surface area contributed by atoms with Crippen molar-refractivity contribution < 1.29 is 19.2 Å². The van der Waals surface area contributed by atoms with Crippen LogP contribution in [0.5, 0.6) is 0 Å². The first kappa shape index (κ1) is 18.4. The zero-order valence-corrected chi connectivity index (χ0v) is 15.6. The molecular weight excluding hydrogens is 370 g/mol. The fourth-order valence-electron chi connectivity index (χ4n) is 3.45. The molecule has 4 rings (SSSR count). The lowest BCUT2D eigenvalue weighted by Crippen LogP contribution is -2.44. The van der Waals surface area contributed by atoms with Gasteiger partial charge in [-0.15, -0.1) is 0 Å². The number of anilines is 2. The number of rotatable bonds is 4. The summed E-state index contributed by atoms with van der Waals surface area (Å²) in [6, 6.07) is 17.1. The topological polar surface area (TPSA) is 95.6 Å². The van der Waals surface area contributed by atoms with Crippen molar-refractivity contribution in [3.63, 3.8) is 0 Å². The number of nitrogens with zero attached hydrogens (tertiary/aromatic N) is 1. The molecule has 1 aliphatic rings. The Morgan fingerprint density at radius 1 is 0.828 bits per heavy atom. The molecule has 4 amide bonds. The summed E-state index contributed by atoms with van der Waals surface area (Å²) in [6.45, 7) is 0.976. The van der Waals surface area contributed by atoms with Gasteiger partial charge in [-0.3, -0.25) is 24.1 Å². The van der Waals surface area contributed by atoms with Gasteiger partial charge >= 0.3 is 0 Å². The lowest BCUT2D eigenvalue weighted by Gasteiger charge is -2.26. The van der Waals surface area contributed by atoms with Gasteiger partial charge in [0.05, 0.1) is 0 Å². The minimum Gasteiger partial charge on any atom is -0.326 e. The van der Waals surface area contributed by atoms with E-state index in [0.717, 1.165) is 10.3 Å². The van der Waals surface area contributed by atoms with E-state index in [9.17, 15) is 19.2 Å². The number of carbonyl (C=O) groups is 4. The van der Waals surface area contributed by atoms with Gasteiger partial charge in [-0.1, -0.05) is 30.3 Å². The summed E-state index contributed by atoms with van der Waals surface area (Å²) in [5, 5.41) is 6.71. The van der Waals surface area contributed by atoms with Gasteiger partial charge in [-0.2, -0.15) is 0 Å². The quantitative estimate of drug-likeness (QED) is 0.673. The van der Waals surface area contributed by atoms with Gasteiger partial charge in [0.25, 0.3) is 11.8 Å². The Hall–Kier alpha value is -4.00. The molecule has 0 aliphatic carbocycles. The summed E-state index contributed by atoms with van der Waals surface area (Å²) in [6.07, 6.45) is 0. The fourth-order valence-corrected chi connectivity index (χ4v) is 3.45.